The van der Waals surface area contributed by atoms with Gasteiger partial charge in [-0.15, -0.1) is 11.3 Å². The molecule has 5 rings (SSSR count). The van der Waals surface area contributed by atoms with Gasteiger partial charge in [0.1, 0.15) is 6.61 Å². The number of nitrogens with zero attached hydrogens (tertiary/aromatic N) is 3. The molecule has 0 saturated heterocycles. The summed E-state index contributed by atoms with van der Waals surface area (Å²) >= 11 is 10.9. The summed E-state index contributed by atoms with van der Waals surface area (Å²) < 4.78 is 12.3. The highest BCUT2D eigenvalue weighted by atomic mass is 79.9. The Morgan fingerprint density at radius 1 is 1.07 bits per heavy atom. The summed E-state index contributed by atoms with van der Waals surface area (Å²) in [7, 11) is 0. The first-order valence-corrected chi connectivity index (χ1v) is 15.6. The molecule has 2 N–H and O–H groups in total. The molecule has 1 aromatic heterocycles. The normalized spacial score (nSPS) is 10.9. The lowest BCUT2D eigenvalue weighted by Crippen LogP contribution is -2.17. The van der Waals surface area contributed by atoms with Crippen molar-refractivity contribution in [2.24, 2.45) is 5.10 Å². The van der Waals surface area contributed by atoms with E-state index in [2.05, 4.69) is 36.8 Å². The van der Waals surface area contributed by atoms with Crippen molar-refractivity contribution in [2.75, 3.05) is 11.9 Å². The van der Waals surface area contributed by atoms with Crippen molar-refractivity contribution in [1.82, 2.24) is 10.4 Å². The van der Waals surface area contributed by atoms with Crippen molar-refractivity contribution < 1.29 is 19.2 Å². The number of carbonyl (C=O) groups is 1. The summed E-state index contributed by atoms with van der Waals surface area (Å²) in [5.74, 6) is 0.534. The van der Waals surface area contributed by atoms with E-state index >= 15 is 0 Å². The maximum Gasteiger partial charge on any atom is 0.271 e. The molecule has 0 unspecified atom stereocenters. The zero-order valence-electron chi connectivity index (χ0n) is 23.7. The fraction of sp³-hybridized carbons (Fsp3) is 0.0938. The van der Waals surface area contributed by atoms with Gasteiger partial charge in [-0.1, -0.05) is 35.9 Å². The third kappa shape index (κ3) is 8.44. The fourth-order valence-electron chi connectivity index (χ4n) is 4.09. The molecule has 0 atom stereocenters. The summed E-state index contributed by atoms with van der Waals surface area (Å²) in [6.45, 7) is 2.34. The maximum atomic E-state index is 12.8. The average molecular weight is 707 g/mol. The van der Waals surface area contributed by atoms with E-state index < -0.39 is 4.92 Å². The molecule has 0 spiro atoms. The van der Waals surface area contributed by atoms with Crippen molar-refractivity contribution in [3.05, 3.63) is 127 Å². The van der Waals surface area contributed by atoms with E-state index in [0.29, 0.717) is 44.3 Å². The number of aromatic nitrogens is 1. The first-order valence-electron chi connectivity index (χ1n) is 13.5. The topological polar surface area (TPSA) is 128 Å². The number of hydrazone groups is 1. The second kappa shape index (κ2) is 14.8. The van der Waals surface area contributed by atoms with Gasteiger partial charge in [0, 0.05) is 49.4 Å². The minimum atomic E-state index is -0.450. The van der Waals surface area contributed by atoms with Gasteiger partial charge in [0.15, 0.2) is 16.6 Å². The smallest absolute Gasteiger partial charge is 0.271 e. The summed E-state index contributed by atoms with van der Waals surface area (Å²) in [5, 5.41) is 21.8. The molecule has 4 aromatic carbocycles. The van der Waals surface area contributed by atoms with Gasteiger partial charge in [-0.2, -0.15) is 5.10 Å². The first kappa shape index (κ1) is 31.6. The Morgan fingerprint density at radius 2 is 1.82 bits per heavy atom. The number of benzene rings is 4. The lowest BCUT2D eigenvalue weighted by molar-refractivity contribution is -0.384. The molecule has 45 heavy (non-hydrogen) atoms. The number of nitro groups is 1. The van der Waals surface area contributed by atoms with Crippen molar-refractivity contribution >= 4 is 67.5 Å². The van der Waals surface area contributed by atoms with E-state index in [1.165, 1.54) is 29.7 Å². The molecule has 0 aliphatic heterocycles. The predicted octanol–water partition coefficient (Wildman–Crippen LogP) is 8.62. The van der Waals surface area contributed by atoms with E-state index in [0.717, 1.165) is 22.1 Å². The highest BCUT2D eigenvalue weighted by Crippen LogP contribution is 2.34. The number of hydrogen-bond acceptors (Lipinski definition) is 9. The highest BCUT2D eigenvalue weighted by molar-refractivity contribution is 9.10. The highest BCUT2D eigenvalue weighted by Gasteiger charge is 2.13. The molecule has 228 valence electrons. The molecule has 13 heteroatoms. The number of nitro benzene ring substituents is 1. The predicted molar refractivity (Wildman–Crippen MR) is 180 cm³/mol. The Morgan fingerprint density at radius 3 is 2.56 bits per heavy atom. The van der Waals surface area contributed by atoms with Crippen LogP contribution in [0.3, 0.4) is 0 Å². The minimum absolute atomic E-state index is 0.0105. The number of carbonyl (C=O) groups excluding carboxylic acids is 1. The third-order valence-corrected chi connectivity index (χ3v) is 7.99. The molecule has 0 saturated carbocycles. The average Bonchev–Trinajstić information content (AvgIpc) is 3.51. The lowest BCUT2D eigenvalue weighted by atomic mass is 10.1. The van der Waals surface area contributed by atoms with Gasteiger partial charge in [-0.25, -0.2) is 10.4 Å². The minimum Gasteiger partial charge on any atom is -0.490 e. The molecule has 0 aliphatic carbocycles. The largest absolute Gasteiger partial charge is 0.490 e. The second-order valence-corrected chi connectivity index (χ2v) is 11.6. The third-order valence-electron chi connectivity index (χ3n) is 6.29. The number of amides is 1. The van der Waals surface area contributed by atoms with E-state index in [-0.39, 0.29) is 18.2 Å². The number of rotatable bonds is 12. The van der Waals surface area contributed by atoms with Gasteiger partial charge in [0.25, 0.3) is 11.6 Å². The number of nitrogens with one attached hydrogen (secondary N) is 2. The van der Waals surface area contributed by atoms with Crippen LogP contribution in [-0.2, 0) is 6.61 Å². The van der Waals surface area contributed by atoms with Crippen LogP contribution in [0.5, 0.6) is 11.5 Å². The Bertz CT molecular complexity index is 1850. The van der Waals surface area contributed by atoms with E-state index in [4.69, 9.17) is 21.1 Å². The summed E-state index contributed by atoms with van der Waals surface area (Å²) in [6, 6.07) is 24.1. The Hall–Kier alpha value is -4.78. The molecule has 1 amide bonds. The molecule has 1 heterocycles. The van der Waals surface area contributed by atoms with Crippen LogP contribution in [0.25, 0.3) is 11.3 Å². The molecular formula is C32H25BrClN5O5S. The number of anilines is 2. The molecule has 0 aliphatic rings. The summed E-state index contributed by atoms with van der Waals surface area (Å²) in [4.78, 5) is 28.0. The number of ether oxygens (including phenoxy) is 2. The zero-order chi connectivity index (χ0) is 31.8. The SMILES string of the molecule is CCOc1cc(/C=N\NC(=O)c2ccc(-c3csc(Nc4ccc(Cl)cc4)n3)cc2)c(Br)cc1OCc1cccc([N+](=O)[O-])c1. The molecule has 0 radical (unpaired) electrons. The van der Waals surface area contributed by atoms with Crippen molar-refractivity contribution in [2.45, 2.75) is 13.5 Å². The number of thiazole rings is 1. The Balaban J connectivity index is 1.20. The van der Waals surface area contributed by atoms with Crippen molar-refractivity contribution in [1.29, 1.82) is 0 Å². The van der Waals surface area contributed by atoms with Crippen LogP contribution in [0.1, 0.15) is 28.4 Å². The van der Waals surface area contributed by atoms with Gasteiger partial charge in [0.05, 0.1) is 23.4 Å². The number of hydrogen-bond donors (Lipinski definition) is 2. The van der Waals surface area contributed by atoms with Crippen LogP contribution in [-0.4, -0.2) is 28.6 Å². The lowest BCUT2D eigenvalue weighted by Gasteiger charge is -2.14. The summed E-state index contributed by atoms with van der Waals surface area (Å²) in [6.07, 6.45) is 1.49. The molecule has 10 nitrogen and oxygen atoms in total. The second-order valence-electron chi connectivity index (χ2n) is 9.42. The van der Waals surface area contributed by atoms with Crippen LogP contribution in [0.4, 0.5) is 16.5 Å². The van der Waals surface area contributed by atoms with Crippen LogP contribution in [0.2, 0.25) is 5.02 Å². The van der Waals surface area contributed by atoms with E-state index in [1.54, 1.807) is 36.4 Å². The fourth-order valence-corrected chi connectivity index (χ4v) is 5.38. The van der Waals surface area contributed by atoms with E-state index in [9.17, 15) is 14.9 Å². The van der Waals surface area contributed by atoms with Gasteiger partial charge < -0.3 is 14.8 Å². The molecule has 0 bridgehead atoms. The van der Waals surface area contributed by atoms with Crippen LogP contribution in [0.15, 0.2) is 99.9 Å². The Labute approximate surface area is 276 Å². The molecular weight excluding hydrogens is 682 g/mol. The maximum absolute atomic E-state index is 12.8. The van der Waals surface area contributed by atoms with E-state index in [1.807, 2.05) is 48.7 Å². The van der Waals surface area contributed by atoms with Gasteiger partial charge >= 0.3 is 0 Å². The van der Waals surface area contributed by atoms with Crippen molar-refractivity contribution in [3.63, 3.8) is 0 Å². The van der Waals surface area contributed by atoms with Crippen LogP contribution in [0, 0.1) is 10.1 Å². The number of non-ortho nitro benzene ring substituents is 1. The van der Waals surface area contributed by atoms with Crippen molar-refractivity contribution in [3.8, 4) is 22.8 Å². The van der Waals surface area contributed by atoms with Gasteiger partial charge in [-0.05, 0) is 76.9 Å². The first-order chi connectivity index (χ1) is 21.8. The van der Waals surface area contributed by atoms with Gasteiger partial charge in [-0.3, -0.25) is 14.9 Å². The zero-order valence-corrected chi connectivity index (χ0v) is 26.9. The monoisotopic (exact) mass is 705 g/mol. The standard InChI is InChI=1S/C32H25BrClN5O5S/c1-2-43-29-15-23(27(33)16-30(29)44-18-20-4-3-5-26(14-20)39(41)42)17-35-38-31(40)22-8-6-21(7-9-22)28-19-45-32(37-28)36-25-12-10-24(34)11-13-25/h3-17,19H,2,18H2,1H3,(H,36,37)(H,38,40)/b35-17-. The summed E-state index contributed by atoms with van der Waals surface area (Å²) in [5.41, 5.74) is 6.80. The Kier molecular flexibility index (Phi) is 10.4. The molecule has 5 aromatic rings. The van der Waals surface area contributed by atoms with Crippen LogP contribution < -0.4 is 20.2 Å². The molecule has 0 fully saturated rings. The van der Waals surface area contributed by atoms with Crippen LogP contribution >= 0.6 is 38.9 Å². The van der Waals surface area contributed by atoms with Gasteiger partial charge in [0.2, 0.25) is 0 Å². The quantitative estimate of drug-likeness (QED) is 0.0755. The number of halogens is 2.